The second kappa shape index (κ2) is 7.57. The number of piperazine rings is 1. The second-order valence-electron chi connectivity index (χ2n) is 5.80. The highest BCUT2D eigenvalue weighted by Gasteiger charge is 2.23. The maximum atomic E-state index is 12.7. The van der Waals surface area contributed by atoms with Crippen molar-refractivity contribution in [2.24, 2.45) is 0 Å². The number of amides is 1. The average molecular weight is 359 g/mol. The monoisotopic (exact) mass is 358 g/mol. The van der Waals surface area contributed by atoms with Crippen LogP contribution in [0.15, 0.2) is 48.5 Å². The molecular formula is C19H19ClN2O3. The van der Waals surface area contributed by atoms with Crippen LogP contribution in [0.25, 0.3) is 0 Å². The van der Waals surface area contributed by atoms with Crippen molar-refractivity contribution in [1.82, 2.24) is 4.90 Å². The van der Waals surface area contributed by atoms with Crippen LogP contribution in [0, 0.1) is 0 Å². The lowest BCUT2D eigenvalue weighted by Crippen LogP contribution is -2.48. The van der Waals surface area contributed by atoms with Gasteiger partial charge in [0.05, 0.1) is 23.4 Å². The van der Waals surface area contributed by atoms with Crippen molar-refractivity contribution in [3.05, 3.63) is 64.7 Å². The molecule has 6 heteroatoms. The summed E-state index contributed by atoms with van der Waals surface area (Å²) in [5.74, 6) is -0.525. The molecule has 2 aromatic carbocycles. The average Bonchev–Trinajstić information content (AvgIpc) is 2.67. The van der Waals surface area contributed by atoms with Gasteiger partial charge in [-0.1, -0.05) is 29.8 Å². The number of carbonyl (C=O) groups is 2. The first-order valence-electron chi connectivity index (χ1n) is 8.07. The van der Waals surface area contributed by atoms with Crippen LogP contribution in [-0.4, -0.2) is 50.1 Å². The van der Waals surface area contributed by atoms with E-state index in [4.69, 9.17) is 16.3 Å². The highest BCUT2D eigenvalue weighted by atomic mass is 35.5. The molecule has 0 radical (unpaired) electrons. The molecule has 130 valence electrons. The van der Waals surface area contributed by atoms with E-state index in [1.807, 2.05) is 24.3 Å². The molecule has 0 saturated carbocycles. The fourth-order valence-corrected chi connectivity index (χ4v) is 3.19. The van der Waals surface area contributed by atoms with E-state index >= 15 is 0 Å². The van der Waals surface area contributed by atoms with Crippen molar-refractivity contribution in [1.29, 1.82) is 0 Å². The lowest BCUT2D eigenvalue weighted by Gasteiger charge is -2.36. The number of methoxy groups -OCH3 is 1. The van der Waals surface area contributed by atoms with E-state index in [-0.39, 0.29) is 5.91 Å². The van der Waals surface area contributed by atoms with Crippen LogP contribution in [-0.2, 0) is 4.74 Å². The summed E-state index contributed by atoms with van der Waals surface area (Å²) in [6, 6.07) is 14.3. The summed E-state index contributed by atoms with van der Waals surface area (Å²) in [5.41, 5.74) is 1.86. The van der Waals surface area contributed by atoms with E-state index in [0.717, 1.165) is 5.69 Å². The molecule has 5 nitrogen and oxygen atoms in total. The Kier molecular flexibility index (Phi) is 5.24. The summed E-state index contributed by atoms with van der Waals surface area (Å²) in [4.78, 5) is 28.3. The second-order valence-corrected chi connectivity index (χ2v) is 6.21. The summed E-state index contributed by atoms with van der Waals surface area (Å²) < 4.78 is 4.71. The summed E-state index contributed by atoms with van der Waals surface area (Å²) in [5, 5.41) is 0.716. The van der Waals surface area contributed by atoms with Crippen LogP contribution in [0.3, 0.4) is 0 Å². The molecule has 1 saturated heterocycles. The number of carbonyl (C=O) groups excluding carboxylic acids is 2. The normalized spacial score (nSPS) is 14.3. The van der Waals surface area contributed by atoms with Crippen molar-refractivity contribution in [3.8, 4) is 0 Å². The minimum absolute atomic E-state index is 0.0791. The molecule has 0 aromatic heterocycles. The number of halogens is 1. The zero-order chi connectivity index (χ0) is 17.8. The Hall–Kier alpha value is -2.53. The van der Waals surface area contributed by atoms with Crippen molar-refractivity contribution in [3.63, 3.8) is 0 Å². The molecule has 0 aliphatic carbocycles. The third kappa shape index (κ3) is 3.77. The summed E-state index contributed by atoms with van der Waals surface area (Å²) in [7, 11) is 1.32. The molecule has 25 heavy (non-hydrogen) atoms. The fraction of sp³-hybridized carbons (Fsp3) is 0.263. The molecule has 1 amide bonds. The number of hydrogen-bond donors (Lipinski definition) is 0. The minimum Gasteiger partial charge on any atom is -0.465 e. The molecule has 1 aliphatic rings. The molecule has 0 bridgehead atoms. The third-order valence-corrected chi connectivity index (χ3v) is 4.61. The number of hydrogen-bond acceptors (Lipinski definition) is 4. The van der Waals surface area contributed by atoms with E-state index in [1.54, 1.807) is 29.2 Å². The predicted octanol–water partition coefficient (Wildman–Crippen LogP) is 3.09. The van der Waals surface area contributed by atoms with E-state index in [1.165, 1.54) is 7.11 Å². The first-order valence-corrected chi connectivity index (χ1v) is 8.45. The SMILES string of the molecule is COC(=O)c1cccc(C(=O)N2CCN(c3ccccc3Cl)CC2)c1. The third-order valence-electron chi connectivity index (χ3n) is 4.29. The number of benzene rings is 2. The number of rotatable bonds is 3. The Morgan fingerprint density at radius 3 is 2.32 bits per heavy atom. The maximum Gasteiger partial charge on any atom is 0.337 e. The van der Waals surface area contributed by atoms with Crippen LogP contribution in [0.1, 0.15) is 20.7 Å². The smallest absolute Gasteiger partial charge is 0.337 e. The number of ether oxygens (including phenoxy) is 1. The van der Waals surface area contributed by atoms with E-state index in [0.29, 0.717) is 42.3 Å². The number of esters is 1. The number of nitrogens with zero attached hydrogens (tertiary/aromatic N) is 2. The molecule has 2 aromatic rings. The summed E-state index contributed by atoms with van der Waals surface area (Å²) in [6.07, 6.45) is 0. The van der Waals surface area contributed by atoms with E-state index < -0.39 is 5.97 Å². The van der Waals surface area contributed by atoms with Gasteiger partial charge in [0.15, 0.2) is 0 Å². The van der Waals surface area contributed by atoms with Crippen LogP contribution >= 0.6 is 11.6 Å². The first-order chi connectivity index (χ1) is 12.1. The van der Waals surface area contributed by atoms with Gasteiger partial charge in [0.2, 0.25) is 0 Å². The summed E-state index contributed by atoms with van der Waals surface area (Å²) >= 11 is 6.25. The maximum absolute atomic E-state index is 12.7. The minimum atomic E-state index is -0.446. The van der Waals surface area contributed by atoms with Crippen molar-refractivity contribution in [2.45, 2.75) is 0 Å². The number of para-hydroxylation sites is 1. The predicted molar refractivity (Wildman–Crippen MR) is 97.4 cm³/mol. The standard InChI is InChI=1S/C19H19ClN2O3/c1-25-19(24)15-6-4-5-14(13-15)18(23)22-11-9-21(10-12-22)17-8-3-2-7-16(17)20/h2-8,13H,9-12H2,1H3. The zero-order valence-corrected chi connectivity index (χ0v) is 14.7. The first kappa shape index (κ1) is 17.3. The van der Waals surface area contributed by atoms with E-state index in [9.17, 15) is 9.59 Å². The van der Waals surface area contributed by atoms with Gasteiger partial charge in [0, 0.05) is 31.7 Å². The lowest BCUT2D eigenvalue weighted by atomic mass is 10.1. The van der Waals surface area contributed by atoms with Crippen molar-refractivity contribution < 1.29 is 14.3 Å². The molecule has 1 heterocycles. The highest BCUT2D eigenvalue weighted by Crippen LogP contribution is 2.26. The molecule has 0 unspecified atom stereocenters. The molecule has 0 atom stereocenters. The number of anilines is 1. The van der Waals surface area contributed by atoms with Gasteiger partial charge in [-0.2, -0.15) is 0 Å². The van der Waals surface area contributed by atoms with Gasteiger partial charge >= 0.3 is 5.97 Å². The Labute approximate surface area is 151 Å². The van der Waals surface area contributed by atoms with Gasteiger partial charge in [0.25, 0.3) is 5.91 Å². The van der Waals surface area contributed by atoms with Gasteiger partial charge in [-0.3, -0.25) is 4.79 Å². The highest BCUT2D eigenvalue weighted by molar-refractivity contribution is 6.33. The van der Waals surface area contributed by atoms with Crippen molar-refractivity contribution in [2.75, 3.05) is 38.2 Å². The Morgan fingerprint density at radius 2 is 1.64 bits per heavy atom. The Morgan fingerprint density at radius 1 is 0.960 bits per heavy atom. The fourth-order valence-electron chi connectivity index (χ4n) is 2.94. The molecule has 3 rings (SSSR count). The van der Waals surface area contributed by atoms with Gasteiger partial charge in [0.1, 0.15) is 0 Å². The Bertz CT molecular complexity index is 786. The van der Waals surface area contributed by atoms with Gasteiger partial charge in [-0.25, -0.2) is 4.79 Å². The quantitative estimate of drug-likeness (QED) is 0.791. The van der Waals surface area contributed by atoms with Crippen LogP contribution < -0.4 is 4.90 Å². The Balaban J connectivity index is 1.68. The van der Waals surface area contributed by atoms with Gasteiger partial charge < -0.3 is 14.5 Å². The van der Waals surface area contributed by atoms with Gasteiger partial charge in [-0.05, 0) is 30.3 Å². The van der Waals surface area contributed by atoms with Gasteiger partial charge in [-0.15, -0.1) is 0 Å². The lowest BCUT2D eigenvalue weighted by molar-refractivity contribution is 0.0600. The molecular weight excluding hydrogens is 340 g/mol. The largest absolute Gasteiger partial charge is 0.465 e. The summed E-state index contributed by atoms with van der Waals surface area (Å²) in [6.45, 7) is 2.64. The zero-order valence-electron chi connectivity index (χ0n) is 13.9. The van der Waals surface area contributed by atoms with E-state index in [2.05, 4.69) is 4.90 Å². The van der Waals surface area contributed by atoms with Crippen LogP contribution in [0.4, 0.5) is 5.69 Å². The molecule has 1 aliphatic heterocycles. The van der Waals surface area contributed by atoms with Crippen LogP contribution in [0.5, 0.6) is 0 Å². The topological polar surface area (TPSA) is 49.9 Å². The van der Waals surface area contributed by atoms with Crippen LogP contribution in [0.2, 0.25) is 5.02 Å². The molecule has 0 spiro atoms. The van der Waals surface area contributed by atoms with Crippen molar-refractivity contribution >= 4 is 29.2 Å². The molecule has 1 fully saturated rings. The molecule has 0 N–H and O–H groups in total.